The van der Waals surface area contributed by atoms with Gasteiger partial charge in [-0.2, -0.15) is 0 Å². The van der Waals surface area contributed by atoms with Crippen molar-refractivity contribution in [2.45, 2.75) is 40.0 Å². The highest BCUT2D eigenvalue weighted by Crippen LogP contribution is 2.37. The number of hydrogen-bond donors (Lipinski definition) is 1. The highest BCUT2D eigenvalue weighted by molar-refractivity contribution is 5.70. The van der Waals surface area contributed by atoms with E-state index in [0.717, 1.165) is 25.0 Å². The van der Waals surface area contributed by atoms with E-state index in [9.17, 15) is 9.90 Å². The third-order valence-electron chi connectivity index (χ3n) is 4.56. The van der Waals surface area contributed by atoms with Crippen LogP contribution in [-0.4, -0.2) is 18.2 Å². The van der Waals surface area contributed by atoms with Gasteiger partial charge in [-0.3, -0.25) is 4.79 Å². The Hall–Kier alpha value is -1.51. The Morgan fingerprint density at radius 1 is 1.42 bits per heavy atom. The summed E-state index contributed by atoms with van der Waals surface area (Å²) in [6.45, 7) is 6.01. The summed E-state index contributed by atoms with van der Waals surface area (Å²) in [6, 6.07) is 2.09. The van der Waals surface area contributed by atoms with E-state index in [2.05, 4.69) is 19.9 Å². The highest BCUT2D eigenvalue weighted by atomic mass is 16.5. The molecule has 0 aromatic heterocycles. The Kier molecular flexibility index (Phi) is 3.83. The summed E-state index contributed by atoms with van der Waals surface area (Å²) in [6.07, 6.45) is 2.80. The summed E-state index contributed by atoms with van der Waals surface area (Å²) in [5, 5.41) is 9.18. The first-order valence-corrected chi connectivity index (χ1v) is 6.84. The number of aliphatic carboxylic acids is 1. The van der Waals surface area contributed by atoms with E-state index in [4.69, 9.17) is 4.74 Å². The number of carboxylic acids is 1. The summed E-state index contributed by atoms with van der Waals surface area (Å²) in [5.41, 5.74) is 5.14. The van der Waals surface area contributed by atoms with Gasteiger partial charge in [-0.1, -0.05) is 6.92 Å². The SMILES string of the molecule is COc1cc(C)c2c(c1C)C[C@H]([C@@H](C)C(=O)O)CC2. The molecule has 3 nitrogen and oxygen atoms in total. The van der Waals surface area contributed by atoms with Crippen molar-refractivity contribution in [3.63, 3.8) is 0 Å². The van der Waals surface area contributed by atoms with Gasteiger partial charge in [-0.15, -0.1) is 0 Å². The van der Waals surface area contributed by atoms with Crippen molar-refractivity contribution >= 4 is 5.97 Å². The fraction of sp³-hybridized carbons (Fsp3) is 0.562. The topological polar surface area (TPSA) is 46.5 Å². The second kappa shape index (κ2) is 5.24. The van der Waals surface area contributed by atoms with E-state index >= 15 is 0 Å². The average Bonchev–Trinajstić information content (AvgIpc) is 2.41. The van der Waals surface area contributed by atoms with Crippen LogP contribution in [0.3, 0.4) is 0 Å². The zero-order valence-corrected chi connectivity index (χ0v) is 12.1. The molecule has 0 saturated heterocycles. The molecule has 1 aromatic carbocycles. The summed E-state index contributed by atoms with van der Waals surface area (Å²) in [5.74, 6) is 0.180. The molecule has 2 atom stereocenters. The molecule has 1 N–H and O–H groups in total. The molecule has 0 spiro atoms. The molecule has 0 amide bonds. The first kappa shape index (κ1) is 13.9. The largest absolute Gasteiger partial charge is 0.496 e. The monoisotopic (exact) mass is 262 g/mol. The molecule has 104 valence electrons. The molecule has 3 heteroatoms. The van der Waals surface area contributed by atoms with Crippen LogP contribution < -0.4 is 4.74 Å². The van der Waals surface area contributed by atoms with E-state index < -0.39 is 5.97 Å². The van der Waals surface area contributed by atoms with Gasteiger partial charge in [0.25, 0.3) is 0 Å². The fourth-order valence-electron chi connectivity index (χ4n) is 3.16. The van der Waals surface area contributed by atoms with Crippen molar-refractivity contribution in [3.8, 4) is 5.75 Å². The van der Waals surface area contributed by atoms with E-state index in [1.165, 1.54) is 22.3 Å². The Morgan fingerprint density at radius 2 is 2.11 bits per heavy atom. The van der Waals surface area contributed by atoms with Gasteiger partial charge in [0.05, 0.1) is 13.0 Å². The molecule has 0 unspecified atom stereocenters. The van der Waals surface area contributed by atoms with Crippen molar-refractivity contribution < 1.29 is 14.6 Å². The quantitative estimate of drug-likeness (QED) is 0.910. The molecule has 0 heterocycles. The second-order valence-corrected chi connectivity index (χ2v) is 5.61. The van der Waals surface area contributed by atoms with Crippen LogP contribution in [0.5, 0.6) is 5.75 Å². The third kappa shape index (κ3) is 2.46. The first-order chi connectivity index (χ1) is 8.95. The number of carbonyl (C=O) groups is 1. The molecule has 0 radical (unpaired) electrons. The zero-order valence-electron chi connectivity index (χ0n) is 12.1. The number of aryl methyl sites for hydroxylation is 1. The lowest BCUT2D eigenvalue weighted by molar-refractivity contribution is -0.143. The number of methoxy groups -OCH3 is 1. The summed E-state index contributed by atoms with van der Waals surface area (Å²) in [7, 11) is 1.69. The smallest absolute Gasteiger partial charge is 0.306 e. The standard InChI is InChI=1S/C16H22O3/c1-9-7-15(19-4)11(3)14-8-12(5-6-13(9)14)10(2)16(17)18/h7,10,12H,5-6,8H2,1-4H3,(H,17,18)/t10-,12-/m1/s1. The van der Waals surface area contributed by atoms with Gasteiger partial charge in [-0.25, -0.2) is 0 Å². The minimum absolute atomic E-state index is 0.232. The van der Waals surface area contributed by atoms with Crippen LogP contribution in [0.2, 0.25) is 0 Å². The van der Waals surface area contributed by atoms with E-state index in [1.54, 1.807) is 7.11 Å². The van der Waals surface area contributed by atoms with Gasteiger partial charge in [0.15, 0.2) is 0 Å². The van der Waals surface area contributed by atoms with Crippen molar-refractivity contribution in [1.82, 2.24) is 0 Å². The minimum Gasteiger partial charge on any atom is -0.496 e. The van der Waals surface area contributed by atoms with E-state index in [-0.39, 0.29) is 11.8 Å². The number of fused-ring (bicyclic) bond motifs is 1. The Balaban J connectivity index is 2.38. The molecule has 0 aliphatic heterocycles. The lowest BCUT2D eigenvalue weighted by Crippen LogP contribution is -2.27. The van der Waals surface area contributed by atoms with Gasteiger partial charge in [-0.05, 0) is 67.3 Å². The summed E-state index contributed by atoms with van der Waals surface area (Å²) in [4.78, 5) is 11.2. The Labute approximate surface area is 114 Å². The molecule has 0 saturated carbocycles. The van der Waals surface area contributed by atoms with Gasteiger partial charge in [0.2, 0.25) is 0 Å². The highest BCUT2D eigenvalue weighted by Gasteiger charge is 2.29. The molecular formula is C16H22O3. The van der Waals surface area contributed by atoms with Crippen LogP contribution in [0, 0.1) is 25.7 Å². The maximum absolute atomic E-state index is 11.2. The number of carboxylic acid groups (broad SMARTS) is 1. The van der Waals surface area contributed by atoms with Crippen LogP contribution >= 0.6 is 0 Å². The van der Waals surface area contributed by atoms with Gasteiger partial charge >= 0.3 is 5.97 Å². The van der Waals surface area contributed by atoms with Crippen molar-refractivity contribution in [1.29, 1.82) is 0 Å². The van der Waals surface area contributed by atoms with Gasteiger partial charge in [0.1, 0.15) is 5.75 Å². The maximum Gasteiger partial charge on any atom is 0.306 e. The predicted molar refractivity (Wildman–Crippen MR) is 74.8 cm³/mol. The van der Waals surface area contributed by atoms with Crippen LogP contribution in [0.15, 0.2) is 6.07 Å². The molecule has 19 heavy (non-hydrogen) atoms. The van der Waals surface area contributed by atoms with Crippen LogP contribution in [0.4, 0.5) is 0 Å². The van der Waals surface area contributed by atoms with Crippen molar-refractivity contribution in [2.75, 3.05) is 7.11 Å². The number of hydrogen-bond acceptors (Lipinski definition) is 2. The van der Waals surface area contributed by atoms with Gasteiger partial charge < -0.3 is 9.84 Å². The lowest BCUT2D eigenvalue weighted by atomic mass is 9.75. The molecule has 2 rings (SSSR count). The second-order valence-electron chi connectivity index (χ2n) is 5.61. The lowest BCUT2D eigenvalue weighted by Gasteiger charge is -2.30. The molecule has 1 aromatic rings. The number of rotatable bonds is 3. The Bertz CT molecular complexity index is 505. The fourth-order valence-corrected chi connectivity index (χ4v) is 3.16. The van der Waals surface area contributed by atoms with Crippen LogP contribution in [0.25, 0.3) is 0 Å². The van der Waals surface area contributed by atoms with Crippen LogP contribution in [-0.2, 0) is 17.6 Å². The summed E-state index contributed by atoms with van der Waals surface area (Å²) >= 11 is 0. The third-order valence-corrected chi connectivity index (χ3v) is 4.56. The van der Waals surface area contributed by atoms with Gasteiger partial charge in [0, 0.05) is 0 Å². The Morgan fingerprint density at radius 3 is 2.68 bits per heavy atom. The summed E-state index contributed by atoms with van der Waals surface area (Å²) < 4.78 is 5.42. The van der Waals surface area contributed by atoms with E-state index in [0.29, 0.717) is 0 Å². The minimum atomic E-state index is -0.689. The predicted octanol–water partition coefficient (Wildman–Crippen LogP) is 3.14. The van der Waals surface area contributed by atoms with Crippen molar-refractivity contribution in [2.24, 2.45) is 11.8 Å². The molecule has 1 aliphatic rings. The molecule has 1 aliphatic carbocycles. The number of benzene rings is 1. The van der Waals surface area contributed by atoms with E-state index in [1.807, 2.05) is 6.92 Å². The molecular weight excluding hydrogens is 240 g/mol. The molecule has 0 fully saturated rings. The first-order valence-electron chi connectivity index (χ1n) is 6.84. The van der Waals surface area contributed by atoms with Crippen molar-refractivity contribution in [3.05, 3.63) is 28.3 Å². The average molecular weight is 262 g/mol. The normalized spacial score (nSPS) is 19.7. The van der Waals surface area contributed by atoms with Crippen LogP contribution in [0.1, 0.15) is 35.6 Å². The molecule has 0 bridgehead atoms. The number of ether oxygens (including phenoxy) is 1. The maximum atomic E-state index is 11.2. The zero-order chi connectivity index (χ0) is 14.2.